The number of aromatic nitrogens is 2. The van der Waals surface area contributed by atoms with Gasteiger partial charge in [0.2, 0.25) is 0 Å². The topological polar surface area (TPSA) is 128 Å². The number of methoxy groups -OCH3 is 1. The Balaban J connectivity index is 2.48. The minimum absolute atomic E-state index is 0.00619. The number of H-pyrrole nitrogens is 1. The third-order valence-corrected chi connectivity index (χ3v) is 3.52. The molecule has 9 nitrogen and oxygen atoms in total. The fourth-order valence-corrected chi connectivity index (χ4v) is 2.47. The number of halogens is 1. The molecule has 0 unspecified atom stereocenters. The molecule has 1 aromatic carbocycles. The molecule has 26 heavy (non-hydrogen) atoms. The summed E-state index contributed by atoms with van der Waals surface area (Å²) in [4.78, 5) is 27.1. The maximum atomic E-state index is 11.7. The number of terminal acetylenes is 1. The van der Waals surface area contributed by atoms with E-state index in [-0.39, 0.29) is 12.4 Å². The Hall–Kier alpha value is -3.32. The summed E-state index contributed by atoms with van der Waals surface area (Å²) >= 11 is 3.33. The molecule has 0 bridgehead atoms. The molecule has 0 aliphatic heterocycles. The van der Waals surface area contributed by atoms with Crippen LogP contribution >= 0.6 is 15.9 Å². The van der Waals surface area contributed by atoms with Gasteiger partial charge in [-0.3, -0.25) is 14.9 Å². The van der Waals surface area contributed by atoms with Crippen LogP contribution in [0.25, 0.3) is 12.2 Å². The average molecular weight is 422 g/mol. The standard InChI is InChI=1S/C16H12BrN3O6/c1-3-6-26-14-9(7-10(17)8-11(14)25-2)4-5-12-18-15(21)13(20(23)24)16(22)19-12/h1,4-5,7-8H,6H2,2H3,(H2,18,19,21,22)/b5-4+. The van der Waals surface area contributed by atoms with Gasteiger partial charge in [-0.05, 0) is 24.3 Å². The maximum Gasteiger partial charge on any atom is 0.395 e. The third kappa shape index (κ3) is 4.20. The highest BCUT2D eigenvalue weighted by atomic mass is 79.9. The quantitative estimate of drug-likeness (QED) is 0.416. The van der Waals surface area contributed by atoms with Gasteiger partial charge in [0.05, 0.1) is 12.0 Å². The summed E-state index contributed by atoms with van der Waals surface area (Å²) in [5.41, 5.74) is -1.56. The van der Waals surface area contributed by atoms with E-state index in [2.05, 4.69) is 31.8 Å². The van der Waals surface area contributed by atoms with Gasteiger partial charge < -0.3 is 19.6 Å². The van der Waals surface area contributed by atoms with Crippen LogP contribution in [0.5, 0.6) is 17.4 Å². The van der Waals surface area contributed by atoms with E-state index in [4.69, 9.17) is 15.9 Å². The van der Waals surface area contributed by atoms with Gasteiger partial charge in [0.25, 0.3) is 5.88 Å². The summed E-state index contributed by atoms with van der Waals surface area (Å²) < 4.78 is 11.4. The molecule has 0 radical (unpaired) electrons. The van der Waals surface area contributed by atoms with Gasteiger partial charge in [-0.2, -0.15) is 4.98 Å². The molecule has 0 saturated heterocycles. The second-order valence-corrected chi connectivity index (χ2v) is 5.65. The highest BCUT2D eigenvalue weighted by Crippen LogP contribution is 2.36. The first-order valence-electron chi connectivity index (χ1n) is 6.97. The average Bonchev–Trinajstić information content (AvgIpc) is 2.57. The summed E-state index contributed by atoms with van der Waals surface area (Å²) in [6.45, 7) is 0.00619. The number of nitrogens with one attached hydrogen (secondary N) is 1. The summed E-state index contributed by atoms with van der Waals surface area (Å²) in [5.74, 6) is 2.06. The van der Waals surface area contributed by atoms with Crippen molar-refractivity contribution in [2.24, 2.45) is 0 Å². The molecular weight excluding hydrogens is 410 g/mol. The van der Waals surface area contributed by atoms with Gasteiger partial charge in [-0.15, -0.1) is 6.42 Å². The smallest absolute Gasteiger partial charge is 0.395 e. The molecule has 0 fully saturated rings. The Morgan fingerprint density at radius 3 is 2.81 bits per heavy atom. The summed E-state index contributed by atoms with van der Waals surface area (Å²) in [6.07, 6.45) is 8.07. The Morgan fingerprint density at radius 1 is 1.50 bits per heavy atom. The summed E-state index contributed by atoms with van der Waals surface area (Å²) in [7, 11) is 1.46. The van der Waals surface area contributed by atoms with E-state index in [0.717, 1.165) is 0 Å². The minimum Gasteiger partial charge on any atom is -0.493 e. The number of benzene rings is 1. The van der Waals surface area contributed by atoms with E-state index in [0.29, 0.717) is 21.5 Å². The van der Waals surface area contributed by atoms with Gasteiger partial charge in [-0.1, -0.05) is 21.9 Å². The highest BCUT2D eigenvalue weighted by molar-refractivity contribution is 9.10. The normalized spacial score (nSPS) is 10.5. The monoisotopic (exact) mass is 421 g/mol. The molecule has 0 saturated carbocycles. The molecule has 2 N–H and O–H groups in total. The molecule has 10 heteroatoms. The second-order valence-electron chi connectivity index (χ2n) is 4.73. The number of hydrogen-bond acceptors (Lipinski definition) is 7. The lowest BCUT2D eigenvalue weighted by Gasteiger charge is -2.12. The number of hydrogen-bond donors (Lipinski definition) is 2. The lowest BCUT2D eigenvalue weighted by Crippen LogP contribution is -2.14. The molecular formula is C16H12BrN3O6. The molecule has 0 amide bonds. The van der Waals surface area contributed by atoms with E-state index >= 15 is 0 Å². The van der Waals surface area contributed by atoms with E-state index in [1.54, 1.807) is 12.1 Å². The first-order valence-corrected chi connectivity index (χ1v) is 7.76. The number of nitrogens with zero attached hydrogens (tertiary/aromatic N) is 2. The predicted octanol–water partition coefficient (Wildman–Crippen LogP) is 2.34. The van der Waals surface area contributed by atoms with Crippen molar-refractivity contribution in [1.82, 2.24) is 9.97 Å². The van der Waals surface area contributed by atoms with Gasteiger partial charge in [0.1, 0.15) is 12.4 Å². The van der Waals surface area contributed by atoms with Crippen LogP contribution in [0.1, 0.15) is 11.4 Å². The van der Waals surface area contributed by atoms with Crippen LogP contribution < -0.4 is 15.0 Å². The van der Waals surface area contributed by atoms with Gasteiger partial charge in [-0.25, -0.2) is 0 Å². The predicted molar refractivity (Wildman–Crippen MR) is 97.1 cm³/mol. The zero-order valence-corrected chi connectivity index (χ0v) is 14.9. The molecule has 134 valence electrons. The van der Waals surface area contributed by atoms with Crippen LogP contribution in [0.15, 0.2) is 21.4 Å². The zero-order chi connectivity index (χ0) is 19.3. The molecule has 0 aliphatic rings. The third-order valence-electron chi connectivity index (χ3n) is 3.07. The van der Waals surface area contributed by atoms with Crippen LogP contribution in [0.4, 0.5) is 5.69 Å². The van der Waals surface area contributed by atoms with Crippen molar-refractivity contribution in [3.63, 3.8) is 0 Å². The minimum atomic E-state index is -1.07. The number of rotatable bonds is 6. The van der Waals surface area contributed by atoms with Crippen molar-refractivity contribution in [3.05, 3.63) is 48.5 Å². The van der Waals surface area contributed by atoms with Crippen LogP contribution in [0.2, 0.25) is 0 Å². The molecule has 1 heterocycles. The fraction of sp³-hybridized carbons (Fsp3) is 0.125. The first-order chi connectivity index (χ1) is 12.4. The lowest BCUT2D eigenvalue weighted by molar-refractivity contribution is -0.387. The fourth-order valence-electron chi connectivity index (χ4n) is 2.02. The van der Waals surface area contributed by atoms with E-state index < -0.39 is 22.0 Å². The molecule has 0 aliphatic carbocycles. The van der Waals surface area contributed by atoms with Crippen molar-refractivity contribution in [2.45, 2.75) is 0 Å². The van der Waals surface area contributed by atoms with Crippen molar-refractivity contribution in [3.8, 4) is 29.7 Å². The van der Waals surface area contributed by atoms with Gasteiger partial charge in [0.15, 0.2) is 11.5 Å². The highest BCUT2D eigenvalue weighted by Gasteiger charge is 2.21. The van der Waals surface area contributed by atoms with Crippen LogP contribution in [0, 0.1) is 22.5 Å². The molecule has 0 spiro atoms. The van der Waals surface area contributed by atoms with Crippen molar-refractivity contribution < 1.29 is 19.5 Å². The van der Waals surface area contributed by atoms with Crippen molar-refractivity contribution in [1.29, 1.82) is 0 Å². The largest absolute Gasteiger partial charge is 0.493 e. The number of aromatic amines is 1. The summed E-state index contributed by atoms with van der Waals surface area (Å²) in [5, 5.41) is 20.3. The Bertz CT molecular complexity index is 977. The number of aromatic hydroxyl groups is 1. The second kappa shape index (κ2) is 8.17. The first kappa shape index (κ1) is 19.0. The Labute approximate surface area is 155 Å². The Kier molecular flexibility index (Phi) is 5.98. The van der Waals surface area contributed by atoms with Crippen molar-refractivity contribution in [2.75, 3.05) is 13.7 Å². The number of nitro groups is 1. The molecule has 2 aromatic rings. The van der Waals surface area contributed by atoms with Gasteiger partial charge >= 0.3 is 11.2 Å². The molecule has 1 aromatic heterocycles. The Morgan fingerprint density at radius 2 is 2.23 bits per heavy atom. The van der Waals surface area contributed by atoms with Crippen LogP contribution in [-0.4, -0.2) is 33.7 Å². The lowest BCUT2D eigenvalue weighted by atomic mass is 10.1. The van der Waals surface area contributed by atoms with E-state index in [9.17, 15) is 20.0 Å². The van der Waals surface area contributed by atoms with Crippen LogP contribution in [0.3, 0.4) is 0 Å². The van der Waals surface area contributed by atoms with Crippen molar-refractivity contribution >= 4 is 33.8 Å². The van der Waals surface area contributed by atoms with Crippen LogP contribution in [-0.2, 0) is 0 Å². The molecule has 2 rings (SSSR count). The maximum absolute atomic E-state index is 11.7. The van der Waals surface area contributed by atoms with E-state index in [1.165, 1.54) is 19.3 Å². The summed E-state index contributed by atoms with van der Waals surface area (Å²) in [6, 6.07) is 3.38. The zero-order valence-electron chi connectivity index (χ0n) is 13.4. The molecule has 0 atom stereocenters. The number of ether oxygens (including phenoxy) is 2. The van der Waals surface area contributed by atoms with E-state index in [1.807, 2.05) is 0 Å². The van der Waals surface area contributed by atoms with Gasteiger partial charge in [0, 0.05) is 10.0 Å². The SMILES string of the molecule is C#CCOc1c(/C=C/c2nc(O)c([N+](=O)[O-])c(=O)[nH]2)cc(Br)cc1OC.